The van der Waals surface area contributed by atoms with Gasteiger partial charge >= 0.3 is 6.09 Å². The van der Waals surface area contributed by atoms with Gasteiger partial charge < -0.3 is 20.7 Å². The lowest BCUT2D eigenvalue weighted by Gasteiger charge is -2.19. The molecule has 0 aromatic carbocycles. The number of guanidine groups is 1. The van der Waals surface area contributed by atoms with E-state index in [1.807, 2.05) is 42.9 Å². The summed E-state index contributed by atoms with van der Waals surface area (Å²) < 4.78 is 7.15. The van der Waals surface area contributed by atoms with Gasteiger partial charge in [-0.1, -0.05) is 0 Å². The van der Waals surface area contributed by atoms with Crippen molar-refractivity contribution in [3.63, 3.8) is 0 Å². The van der Waals surface area contributed by atoms with Crippen LogP contribution in [0.3, 0.4) is 0 Å². The zero-order chi connectivity index (χ0) is 17.6. The van der Waals surface area contributed by atoms with E-state index in [1.54, 1.807) is 18.4 Å². The van der Waals surface area contributed by atoms with Crippen molar-refractivity contribution in [1.29, 1.82) is 0 Å². The molecule has 2 rings (SSSR count). The van der Waals surface area contributed by atoms with Crippen molar-refractivity contribution in [2.75, 3.05) is 20.1 Å². The molecule has 0 spiro atoms. The predicted octanol–water partition coefficient (Wildman–Crippen LogP) is 2.20. The number of fused-ring (bicyclic) bond motifs is 1. The number of carbonyl (C=O) groups excluding carboxylic acids is 1. The average molecular weight is 480 g/mol. The highest BCUT2D eigenvalue weighted by Crippen LogP contribution is 2.10. The van der Waals surface area contributed by atoms with Crippen molar-refractivity contribution in [1.82, 2.24) is 25.3 Å². The quantitative estimate of drug-likeness (QED) is 0.264. The summed E-state index contributed by atoms with van der Waals surface area (Å²) in [6, 6.07) is 0. The van der Waals surface area contributed by atoms with Crippen LogP contribution in [-0.4, -0.2) is 47.2 Å². The van der Waals surface area contributed by atoms with Gasteiger partial charge in [-0.05, 0) is 20.8 Å². The number of ether oxygens (including phenoxy) is 1. The summed E-state index contributed by atoms with van der Waals surface area (Å²) in [6.45, 7) is 7.05. The van der Waals surface area contributed by atoms with Gasteiger partial charge in [0.15, 0.2) is 10.9 Å². The Labute approximate surface area is 168 Å². The number of carbonyl (C=O) groups is 1. The van der Waals surface area contributed by atoms with Crippen molar-refractivity contribution in [3.8, 4) is 0 Å². The maximum absolute atomic E-state index is 11.5. The van der Waals surface area contributed by atoms with E-state index in [-0.39, 0.29) is 24.0 Å². The second-order valence-electron chi connectivity index (χ2n) is 6.11. The standard InChI is InChI=1S/C15H24N6O2S.HI/c1-15(2,3)23-14(22)18-6-5-17-12(16-4)19-9-11-10-21-7-8-24-13(21)20-11;/h7-8,10H,5-6,9H2,1-4H3,(H,18,22)(H2,16,17,19);1H. The number of thiazole rings is 1. The molecule has 3 N–H and O–H groups in total. The molecule has 2 heterocycles. The Morgan fingerprint density at radius 2 is 2.04 bits per heavy atom. The number of nitrogens with zero attached hydrogens (tertiary/aromatic N) is 3. The highest BCUT2D eigenvalue weighted by atomic mass is 127. The Hall–Kier alpha value is -1.56. The van der Waals surface area contributed by atoms with Crippen LogP contribution in [0.2, 0.25) is 0 Å². The molecule has 8 nitrogen and oxygen atoms in total. The van der Waals surface area contributed by atoms with Gasteiger partial charge in [0.05, 0.1) is 12.2 Å². The summed E-state index contributed by atoms with van der Waals surface area (Å²) in [7, 11) is 1.70. The summed E-state index contributed by atoms with van der Waals surface area (Å²) in [6.07, 6.45) is 3.53. The predicted molar refractivity (Wildman–Crippen MR) is 111 cm³/mol. The van der Waals surface area contributed by atoms with Gasteiger partial charge in [0.25, 0.3) is 0 Å². The van der Waals surface area contributed by atoms with Crippen LogP contribution >= 0.6 is 35.3 Å². The van der Waals surface area contributed by atoms with Crippen LogP contribution in [0.1, 0.15) is 26.5 Å². The van der Waals surface area contributed by atoms with Gasteiger partial charge in [-0.2, -0.15) is 0 Å². The van der Waals surface area contributed by atoms with E-state index in [1.165, 1.54) is 0 Å². The number of hydrogen-bond acceptors (Lipinski definition) is 5. The van der Waals surface area contributed by atoms with Gasteiger partial charge in [0.2, 0.25) is 0 Å². The Morgan fingerprint density at radius 1 is 1.32 bits per heavy atom. The molecule has 0 aliphatic rings. The van der Waals surface area contributed by atoms with Crippen LogP contribution in [0.5, 0.6) is 0 Å². The number of alkyl carbamates (subject to hydrolysis) is 1. The summed E-state index contributed by atoms with van der Waals surface area (Å²) >= 11 is 1.60. The molecular formula is C15H25IN6O2S. The lowest BCUT2D eigenvalue weighted by Crippen LogP contribution is -2.42. The Morgan fingerprint density at radius 3 is 2.68 bits per heavy atom. The van der Waals surface area contributed by atoms with Gasteiger partial charge in [-0.25, -0.2) is 9.78 Å². The van der Waals surface area contributed by atoms with Crippen molar-refractivity contribution < 1.29 is 9.53 Å². The minimum absolute atomic E-state index is 0. The number of hydrogen-bond donors (Lipinski definition) is 3. The minimum atomic E-state index is -0.493. The molecule has 1 amide bonds. The van der Waals surface area contributed by atoms with E-state index in [4.69, 9.17) is 4.74 Å². The van der Waals surface area contributed by atoms with Crippen LogP contribution in [-0.2, 0) is 11.3 Å². The van der Waals surface area contributed by atoms with Crippen LogP contribution in [0.4, 0.5) is 4.79 Å². The van der Waals surface area contributed by atoms with Crippen LogP contribution in [0, 0.1) is 0 Å². The molecule has 0 bridgehead atoms. The number of rotatable bonds is 5. The first-order valence-electron chi connectivity index (χ1n) is 7.70. The topological polar surface area (TPSA) is 92.0 Å². The molecule has 2 aromatic rings. The summed E-state index contributed by atoms with van der Waals surface area (Å²) in [5.41, 5.74) is 0.449. The average Bonchev–Trinajstić information content (AvgIpc) is 3.05. The first kappa shape index (κ1) is 21.5. The molecule has 25 heavy (non-hydrogen) atoms. The molecule has 140 valence electrons. The maximum atomic E-state index is 11.5. The Kier molecular flexibility index (Phi) is 8.42. The molecule has 0 saturated heterocycles. The van der Waals surface area contributed by atoms with Crippen molar-refractivity contribution in [2.45, 2.75) is 32.9 Å². The number of nitrogens with one attached hydrogen (secondary N) is 3. The largest absolute Gasteiger partial charge is 0.444 e. The Balaban J connectivity index is 0.00000312. The van der Waals surface area contributed by atoms with E-state index >= 15 is 0 Å². The van der Waals surface area contributed by atoms with E-state index < -0.39 is 11.7 Å². The second-order valence-corrected chi connectivity index (χ2v) is 6.98. The lowest BCUT2D eigenvalue weighted by atomic mass is 10.2. The van der Waals surface area contributed by atoms with Gasteiger partial charge in [0.1, 0.15) is 5.60 Å². The fourth-order valence-corrected chi connectivity index (χ4v) is 2.63. The first-order valence-corrected chi connectivity index (χ1v) is 8.58. The number of aliphatic imine (C=N–C) groups is 1. The number of halogens is 1. The van der Waals surface area contributed by atoms with Crippen LogP contribution in [0.15, 0.2) is 22.8 Å². The molecule has 10 heteroatoms. The lowest BCUT2D eigenvalue weighted by molar-refractivity contribution is 0.0529. The van der Waals surface area contributed by atoms with Gasteiger partial charge in [-0.15, -0.1) is 35.3 Å². The highest BCUT2D eigenvalue weighted by molar-refractivity contribution is 14.0. The monoisotopic (exact) mass is 480 g/mol. The van der Waals surface area contributed by atoms with Crippen LogP contribution < -0.4 is 16.0 Å². The van der Waals surface area contributed by atoms with E-state index in [9.17, 15) is 4.79 Å². The third-order valence-electron chi connectivity index (χ3n) is 2.89. The number of amides is 1. The zero-order valence-electron chi connectivity index (χ0n) is 14.8. The van der Waals surface area contributed by atoms with Gasteiger partial charge in [-0.3, -0.25) is 9.39 Å². The van der Waals surface area contributed by atoms with Crippen molar-refractivity contribution >= 4 is 52.3 Å². The second kappa shape index (κ2) is 9.80. The third-order valence-corrected chi connectivity index (χ3v) is 3.66. The number of aromatic nitrogens is 2. The van der Waals surface area contributed by atoms with E-state index in [0.717, 1.165) is 10.7 Å². The zero-order valence-corrected chi connectivity index (χ0v) is 18.0. The summed E-state index contributed by atoms with van der Waals surface area (Å²) in [5, 5.41) is 11.0. The molecule has 0 atom stereocenters. The molecule has 0 unspecified atom stereocenters. The molecule has 0 saturated carbocycles. The SMILES string of the molecule is CN=C(NCCNC(=O)OC(C)(C)C)NCc1cn2ccsc2n1.I. The Bertz CT molecular complexity index is 678. The molecular weight excluding hydrogens is 455 g/mol. The molecule has 0 aliphatic heterocycles. The molecule has 2 aromatic heterocycles. The normalized spacial score (nSPS) is 11.8. The third kappa shape index (κ3) is 7.46. The van der Waals surface area contributed by atoms with Crippen molar-refractivity contribution in [3.05, 3.63) is 23.5 Å². The molecule has 0 fully saturated rings. The fourth-order valence-electron chi connectivity index (χ4n) is 1.92. The highest BCUT2D eigenvalue weighted by Gasteiger charge is 2.15. The first-order chi connectivity index (χ1) is 11.4. The minimum Gasteiger partial charge on any atom is -0.444 e. The van der Waals surface area contributed by atoms with Crippen molar-refractivity contribution in [2.24, 2.45) is 4.99 Å². The summed E-state index contributed by atoms with van der Waals surface area (Å²) in [5.74, 6) is 0.650. The molecule has 0 aliphatic carbocycles. The maximum Gasteiger partial charge on any atom is 0.407 e. The van der Waals surface area contributed by atoms with Crippen LogP contribution in [0.25, 0.3) is 4.96 Å². The fraction of sp³-hybridized carbons (Fsp3) is 0.533. The van der Waals surface area contributed by atoms with Gasteiger partial charge in [0, 0.05) is 37.9 Å². The van der Waals surface area contributed by atoms with E-state index in [2.05, 4.69) is 25.9 Å². The molecule has 0 radical (unpaired) electrons. The number of imidazole rings is 1. The van der Waals surface area contributed by atoms with E-state index in [0.29, 0.717) is 25.6 Å². The smallest absolute Gasteiger partial charge is 0.407 e. The summed E-state index contributed by atoms with van der Waals surface area (Å²) in [4.78, 5) is 21.1.